The normalized spacial score (nSPS) is 12.8. The molecule has 0 amide bonds. The summed E-state index contributed by atoms with van der Waals surface area (Å²) < 4.78 is 188. The largest absolute Gasteiger partial charge is 0.488 e. The topological polar surface area (TPSA) is 354 Å². The summed E-state index contributed by atoms with van der Waals surface area (Å²) in [6.07, 6.45) is 6.29. The van der Waals surface area contributed by atoms with Crippen LogP contribution in [0.15, 0.2) is 54.6 Å². The summed E-state index contributed by atoms with van der Waals surface area (Å²) in [5, 5.41) is 9.32. The summed E-state index contributed by atoms with van der Waals surface area (Å²) in [5.74, 6) is 0.747. The van der Waals surface area contributed by atoms with Gasteiger partial charge in [0.15, 0.2) is 34.5 Å². The summed E-state index contributed by atoms with van der Waals surface area (Å²) in [6, 6.07) is 13.9. The average molecular weight is 1260 g/mol. The standard InChI is InChI=1S/C45H72N12O18S6/c1-52(76(7,58)59)19-25-70-37-16-13-34(31-40(37)73-28-22-55(4)79(10,64)65)46-43-49-44(47-35-14-17-38(71-26-20-53(2)77(8,60)61)41(32-35)74-29-23-56(5)80(11,66)67)51-45(50-43)48-36-15-18-39(72-27-21-54(3)78(9,62)63)42(33-36)75-30-24-57(6)81(12,68)69/h13-18,31-33H,19-30H2,1-12H3,(H3,46,47,48,49,50,51). The van der Waals surface area contributed by atoms with Crippen molar-refractivity contribution in [1.29, 1.82) is 0 Å². The second-order valence-corrected chi connectivity index (χ2v) is 30.8. The molecule has 0 aliphatic carbocycles. The van der Waals surface area contributed by atoms with Gasteiger partial charge >= 0.3 is 0 Å². The maximum atomic E-state index is 12.1. The van der Waals surface area contributed by atoms with E-state index in [1.807, 2.05) is 0 Å². The Kier molecular flexibility index (Phi) is 24.3. The van der Waals surface area contributed by atoms with E-state index in [9.17, 15) is 50.5 Å². The maximum absolute atomic E-state index is 12.1. The zero-order chi connectivity index (χ0) is 60.7. The van der Waals surface area contributed by atoms with Crippen LogP contribution in [0.4, 0.5) is 34.9 Å². The van der Waals surface area contributed by atoms with Gasteiger partial charge in [-0.15, -0.1) is 0 Å². The van der Waals surface area contributed by atoms with Crippen LogP contribution in [0.2, 0.25) is 0 Å². The number of rotatable bonds is 36. The number of ether oxygens (including phenoxy) is 6. The van der Waals surface area contributed by atoms with E-state index in [4.69, 9.17) is 28.4 Å². The number of sulfonamides is 6. The van der Waals surface area contributed by atoms with E-state index in [0.717, 1.165) is 63.4 Å². The molecule has 1 heterocycles. The van der Waals surface area contributed by atoms with Crippen molar-refractivity contribution in [2.45, 2.75) is 0 Å². The van der Waals surface area contributed by atoms with Crippen LogP contribution in [0, 0.1) is 0 Å². The molecule has 30 nitrogen and oxygen atoms in total. The quantitative estimate of drug-likeness (QED) is 0.0565. The van der Waals surface area contributed by atoms with Gasteiger partial charge in [-0.25, -0.2) is 76.3 Å². The minimum absolute atomic E-state index is 0.00868. The van der Waals surface area contributed by atoms with Crippen LogP contribution in [0.5, 0.6) is 34.5 Å². The lowest BCUT2D eigenvalue weighted by Gasteiger charge is -2.19. The first-order valence-electron chi connectivity index (χ1n) is 24.1. The number of aromatic nitrogens is 3. The Hall–Kier alpha value is -5.67. The highest BCUT2D eigenvalue weighted by atomic mass is 32.2. The van der Waals surface area contributed by atoms with E-state index in [2.05, 4.69) is 30.9 Å². The van der Waals surface area contributed by atoms with Gasteiger partial charge in [-0.2, -0.15) is 15.0 Å². The molecule has 0 atom stereocenters. The Morgan fingerprint density at radius 3 is 0.654 bits per heavy atom. The average Bonchev–Trinajstić information content (AvgIpc) is 3.37. The minimum atomic E-state index is -3.56. The fraction of sp³-hybridized carbons (Fsp3) is 0.533. The van der Waals surface area contributed by atoms with E-state index in [-0.39, 0.29) is 131 Å². The fourth-order valence-corrected chi connectivity index (χ4v) is 8.52. The molecular formula is C45H72N12O18S6. The van der Waals surface area contributed by atoms with Crippen molar-refractivity contribution in [1.82, 2.24) is 40.8 Å². The zero-order valence-electron chi connectivity index (χ0n) is 47.0. The minimum Gasteiger partial charge on any atom is -0.488 e. The summed E-state index contributed by atoms with van der Waals surface area (Å²) >= 11 is 0. The second-order valence-electron chi connectivity index (χ2n) is 18.3. The second kappa shape index (κ2) is 29.0. The zero-order valence-corrected chi connectivity index (χ0v) is 51.9. The molecule has 0 spiro atoms. The Morgan fingerprint density at radius 1 is 0.309 bits per heavy atom. The van der Waals surface area contributed by atoms with Crippen LogP contribution in [0.25, 0.3) is 0 Å². The van der Waals surface area contributed by atoms with Crippen LogP contribution in [-0.4, -0.2) is 250 Å². The third-order valence-corrected chi connectivity index (χ3v) is 19.5. The predicted molar refractivity (Wildman–Crippen MR) is 307 cm³/mol. The summed E-state index contributed by atoms with van der Waals surface area (Å²) in [6.45, 7) is -0.753. The molecule has 0 fully saturated rings. The van der Waals surface area contributed by atoms with E-state index in [1.54, 1.807) is 18.2 Å². The number of hydrogen-bond acceptors (Lipinski definition) is 24. The van der Waals surface area contributed by atoms with Gasteiger partial charge in [-0.3, -0.25) is 0 Å². The summed E-state index contributed by atoms with van der Waals surface area (Å²) in [7, 11) is -12.9. The molecule has 456 valence electrons. The summed E-state index contributed by atoms with van der Waals surface area (Å²) in [4.78, 5) is 13.8. The van der Waals surface area contributed by atoms with Crippen LogP contribution >= 0.6 is 0 Å². The van der Waals surface area contributed by atoms with E-state index >= 15 is 0 Å². The number of likely N-dealkylation sites (N-methyl/N-ethyl adjacent to an activating group) is 6. The lowest BCUT2D eigenvalue weighted by molar-refractivity contribution is 0.247. The first-order chi connectivity index (χ1) is 37.4. The fourth-order valence-electron chi connectivity index (χ4n) is 6.08. The number of hydrogen-bond donors (Lipinski definition) is 3. The Morgan fingerprint density at radius 2 is 0.481 bits per heavy atom. The molecule has 1 aromatic heterocycles. The summed E-state index contributed by atoms with van der Waals surface area (Å²) in [5.41, 5.74) is 0.960. The van der Waals surface area contributed by atoms with E-state index in [0.29, 0.717) is 17.1 Å². The van der Waals surface area contributed by atoms with E-state index < -0.39 is 60.1 Å². The van der Waals surface area contributed by atoms with Crippen LogP contribution in [-0.2, 0) is 60.1 Å². The molecule has 3 aromatic carbocycles. The smallest absolute Gasteiger partial charge is 0.233 e. The monoisotopic (exact) mass is 1260 g/mol. The molecule has 3 N–H and O–H groups in total. The first-order valence-corrected chi connectivity index (χ1v) is 35.2. The molecule has 0 radical (unpaired) electrons. The lowest BCUT2D eigenvalue weighted by Crippen LogP contribution is -2.30. The van der Waals surface area contributed by atoms with Crippen molar-refractivity contribution >= 4 is 95.0 Å². The highest BCUT2D eigenvalue weighted by Crippen LogP contribution is 2.35. The van der Waals surface area contributed by atoms with Crippen molar-refractivity contribution in [3.8, 4) is 34.5 Å². The molecule has 81 heavy (non-hydrogen) atoms. The van der Waals surface area contributed by atoms with Gasteiger partial charge in [0, 0.05) is 117 Å². The van der Waals surface area contributed by atoms with Crippen molar-refractivity contribution in [3.05, 3.63) is 54.6 Å². The van der Waals surface area contributed by atoms with Gasteiger partial charge in [0.1, 0.15) is 39.6 Å². The van der Waals surface area contributed by atoms with Gasteiger partial charge in [0.05, 0.1) is 37.5 Å². The SMILES string of the molecule is CN(CCOc1ccc(Nc2nc(Nc3ccc(OCCN(C)S(C)(=O)=O)c(OCCN(C)S(C)(=O)=O)c3)nc(Nc3ccc(OCCN(C)S(C)(=O)=O)c(OCCN(C)S(C)(=O)=O)c3)n2)cc1OCCN(C)S(C)(=O)=O)S(C)(=O)=O. The van der Waals surface area contributed by atoms with Gasteiger partial charge in [-0.05, 0) is 36.4 Å². The molecule has 0 saturated carbocycles. The highest BCUT2D eigenvalue weighted by Gasteiger charge is 2.20. The van der Waals surface area contributed by atoms with E-state index in [1.165, 1.54) is 78.7 Å². The molecule has 0 bridgehead atoms. The number of benzene rings is 3. The molecule has 0 aliphatic heterocycles. The van der Waals surface area contributed by atoms with Crippen molar-refractivity contribution in [2.24, 2.45) is 0 Å². The number of anilines is 6. The Balaban J connectivity index is 1.81. The third-order valence-electron chi connectivity index (χ3n) is 11.6. The van der Waals surface area contributed by atoms with Crippen LogP contribution < -0.4 is 44.4 Å². The highest BCUT2D eigenvalue weighted by molar-refractivity contribution is 7.89. The van der Waals surface area contributed by atoms with Crippen LogP contribution in [0.1, 0.15) is 0 Å². The molecule has 0 unspecified atom stereocenters. The van der Waals surface area contributed by atoms with Gasteiger partial charge in [0.2, 0.25) is 78.0 Å². The molecule has 0 aliphatic rings. The van der Waals surface area contributed by atoms with Crippen molar-refractivity contribution in [3.63, 3.8) is 0 Å². The van der Waals surface area contributed by atoms with Gasteiger partial charge < -0.3 is 44.4 Å². The number of nitrogens with zero attached hydrogens (tertiary/aromatic N) is 9. The first kappa shape index (κ1) is 67.8. The Bertz CT molecular complexity index is 3100. The van der Waals surface area contributed by atoms with Gasteiger partial charge in [0.25, 0.3) is 0 Å². The predicted octanol–water partition coefficient (Wildman–Crippen LogP) is 0.724. The maximum Gasteiger partial charge on any atom is 0.233 e. The molecule has 36 heteroatoms. The van der Waals surface area contributed by atoms with Crippen LogP contribution in [0.3, 0.4) is 0 Å². The third kappa shape index (κ3) is 23.2. The number of nitrogens with one attached hydrogen (secondary N) is 3. The Labute approximate surface area is 475 Å². The molecule has 4 aromatic rings. The van der Waals surface area contributed by atoms with Crippen molar-refractivity contribution in [2.75, 3.05) is 175 Å². The lowest BCUT2D eigenvalue weighted by atomic mass is 10.2. The molecule has 0 saturated heterocycles. The molecule has 4 rings (SSSR count). The van der Waals surface area contributed by atoms with Crippen molar-refractivity contribution < 1.29 is 78.9 Å². The van der Waals surface area contributed by atoms with Gasteiger partial charge in [-0.1, -0.05) is 0 Å². The molecular weight excluding hydrogens is 1190 g/mol.